The van der Waals surface area contributed by atoms with Crippen LogP contribution in [-0.2, 0) is 6.54 Å². The topological polar surface area (TPSA) is 46.3 Å². The van der Waals surface area contributed by atoms with Crippen molar-refractivity contribution in [3.05, 3.63) is 51.7 Å². The zero-order valence-electron chi connectivity index (χ0n) is 10.5. The molecule has 0 aliphatic heterocycles. The summed E-state index contributed by atoms with van der Waals surface area (Å²) in [6, 6.07) is 11.4. The number of anilines is 1. The van der Waals surface area contributed by atoms with Crippen LogP contribution in [0.15, 0.2) is 36.4 Å². The van der Waals surface area contributed by atoms with Crippen molar-refractivity contribution >= 4 is 22.9 Å². The average Bonchev–Trinajstić information content (AvgIpc) is 2.75. The molecule has 0 saturated carbocycles. The fraction of sp³-hybridized carbons (Fsp3) is 0.214. The van der Waals surface area contributed by atoms with E-state index >= 15 is 0 Å². The number of aryl methyl sites for hydroxylation is 1. The predicted octanol–water partition coefficient (Wildman–Crippen LogP) is 2.91. The van der Waals surface area contributed by atoms with Crippen LogP contribution >= 0.6 is 11.3 Å². The number of nitrogens with zero attached hydrogens (tertiary/aromatic N) is 1. The second-order valence-electron chi connectivity index (χ2n) is 4.32. The van der Waals surface area contributed by atoms with Gasteiger partial charge in [-0.05, 0) is 36.8 Å². The Labute approximate surface area is 111 Å². The van der Waals surface area contributed by atoms with Crippen LogP contribution in [-0.4, -0.2) is 17.9 Å². The van der Waals surface area contributed by atoms with Gasteiger partial charge in [-0.1, -0.05) is 12.1 Å². The molecule has 1 amide bonds. The summed E-state index contributed by atoms with van der Waals surface area (Å²) < 4.78 is 0. The maximum absolute atomic E-state index is 12.2. The van der Waals surface area contributed by atoms with Gasteiger partial charge in [-0.25, -0.2) is 0 Å². The molecule has 2 aromatic rings. The minimum atomic E-state index is 0.0514. The van der Waals surface area contributed by atoms with Gasteiger partial charge in [0.15, 0.2) is 0 Å². The van der Waals surface area contributed by atoms with Crippen molar-refractivity contribution in [3.8, 4) is 0 Å². The molecule has 0 aliphatic rings. The molecule has 0 radical (unpaired) electrons. The van der Waals surface area contributed by atoms with Crippen LogP contribution in [0.4, 0.5) is 5.69 Å². The number of hydrogen-bond donors (Lipinski definition) is 1. The first-order valence-corrected chi connectivity index (χ1v) is 6.54. The van der Waals surface area contributed by atoms with Crippen LogP contribution in [0.25, 0.3) is 0 Å². The summed E-state index contributed by atoms with van der Waals surface area (Å²) in [7, 11) is 1.81. The van der Waals surface area contributed by atoms with Gasteiger partial charge >= 0.3 is 0 Å². The van der Waals surface area contributed by atoms with Gasteiger partial charge in [-0.2, -0.15) is 0 Å². The van der Waals surface area contributed by atoms with Crippen LogP contribution in [0.3, 0.4) is 0 Å². The molecule has 0 unspecified atom stereocenters. The van der Waals surface area contributed by atoms with Crippen LogP contribution in [0, 0.1) is 6.92 Å². The van der Waals surface area contributed by atoms with E-state index in [2.05, 4.69) is 0 Å². The van der Waals surface area contributed by atoms with E-state index in [0.29, 0.717) is 6.54 Å². The van der Waals surface area contributed by atoms with E-state index in [1.54, 1.807) is 11.9 Å². The van der Waals surface area contributed by atoms with Crippen LogP contribution in [0.1, 0.15) is 20.1 Å². The lowest BCUT2D eigenvalue weighted by molar-refractivity contribution is 0.0790. The van der Waals surface area contributed by atoms with Gasteiger partial charge in [0.1, 0.15) is 0 Å². The number of carbonyl (C=O) groups excluding carboxylic acids is 1. The Morgan fingerprint density at radius 3 is 2.72 bits per heavy atom. The number of carbonyl (C=O) groups is 1. The van der Waals surface area contributed by atoms with Gasteiger partial charge in [0.05, 0.1) is 4.88 Å². The largest absolute Gasteiger partial charge is 0.399 e. The third-order valence-electron chi connectivity index (χ3n) is 2.67. The molecule has 1 aromatic heterocycles. The minimum Gasteiger partial charge on any atom is -0.399 e. The molecule has 0 saturated heterocycles. The molecule has 18 heavy (non-hydrogen) atoms. The molecule has 94 valence electrons. The summed E-state index contributed by atoms with van der Waals surface area (Å²) in [4.78, 5) is 15.8. The summed E-state index contributed by atoms with van der Waals surface area (Å²) in [5.41, 5.74) is 7.49. The highest BCUT2D eigenvalue weighted by Crippen LogP contribution is 2.18. The first-order valence-electron chi connectivity index (χ1n) is 5.72. The van der Waals surface area contributed by atoms with Crippen molar-refractivity contribution in [1.29, 1.82) is 0 Å². The molecule has 1 heterocycles. The van der Waals surface area contributed by atoms with E-state index in [1.807, 2.05) is 43.3 Å². The zero-order chi connectivity index (χ0) is 13.1. The van der Waals surface area contributed by atoms with Crippen molar-refractivity contribution in [1.82, 2.24) is 4.90 Å². The first-order chi connectivity index (χ1) is 8.56. The standard InChI is InChI=1S/C14H16N2OS/c1-10-6-7-13(18-10)14(17)16(2)9-11-4-3-5-12(15)8-11/h3-8H,9,15H2,1-2H3. The molecular formula is C14H16N2OS. The third-order valence-corrected chi connectivity index (χ3v) is 3.66. The number of benzene rings is 1. The van der Waals surface area contributed by atoms with Crippen molar-refractivity contribution in [2.75, 3.05) is 12.8 Å². The molecule has 0 fully saturated rings. The van der Waals surface area contributed by atoms with Crippen LogP contribution in [0.5, 0.6) is 0 Å². The second-order valence-corrected chi connectivity index (χ2v) is 5.60. The number of nitrogen functional groups attached to an aromatic ring is 1. The van der Waals surface area contributed by atoms with Gasteiger partial charge in [-0.15, -0.1) is 11.3 Å². The normalized spacial score (nSPS) is 10.3. The Morgan fingerprint density at radius 2 is 2.11 bits per heavy atom. The predicted molar refractivity (Wildman–Crippen MR) is 75.7 cm³/mol. The van der Waals surface area contributed by atoms with E-state index in [1.165, 1.54) is 11.3 Å². The summed E-state index contributed by atoms with van der Waals surface area (Å²) >= 11 is 1.52. The molecule has 1 aromatic carbocycles. The minimum absolute atomic E-state index is 0.0514. The quantitative estimate of drug-likeness (QED) is 0.862. The van der Waals surface area contributed by atoms with Crippen molar-refractivity contribution in [2.45, 2.75) is 13.5 Å². The zero-order valence-corrected chi connectivity index (χ0v) is 11.3. The van der Waals surface area contributed by atoms with E-state index in [0.717, 1.165) is 21.0 Å². The molecular weight excluding hydrogens is 244 g/mol. The molecule has 0 spiro atoms. The molecule has 0 aliphatic carbocycles. The second kappa shape index (κ2) is 5.23. The molecule has 2 N–H and O–H groups in total. The monoisotopic (exact) mass is 260 g/mol. The summed E-state index contributed by atoms with van der Waals surface area (Å²) in [5.74, 6) is 0.0514. The third kappa shape index (κ3) is 2.90. The van der Waals surface area contributed by atoms with Crippen molar-refractivity contribution in [3.63, 3.8) is 0 Å². The Kier molecular flexibility index (Phi) is 3.67. The van der Waals surface area contributed by atoms with Gasteiger partial charge in [0.25, 0.3) is 5.91 Å². The van der Waals surface area contributed by atoms with E-state index in [9.17, 15) is 4.79 Å². The van der Waals surface area contributed by atoms with Gasteiger partial charge in [0.2, 0.25) is 0 Å². The van der Waals surface area contributed by atoms with Crippen LogP contribution < -0.4 is 5.73 Å². The Balaban J connectivity index is 2.08. The molecule has 0 atom stereocenters. The lowest BCUT2D eigenvalue weighted by Gasteiger charge is -2.16. The number of rotatable bonds is 3. The maximum atomic E-state index is 12.2. The first kappa shape index (κ1) is 12.6. The maximum Gasteiger partial charge on any atom is 0.263 e. The molecule has 3 nitrogen and oxygen atoms in total. The lowest BCUT2D eigenvalue weighted by Crippen LogP contribution is -2.25. The van der Waals surface area contributed by atoms with E-state index in [-0.39, 0.29) is 5.91 Å². The van der Waals surface area contributed by atoms with Gasteiger partial charge in [-0.3, -0.25) is 4.79 Å². The van der Waals surface area contributed by atoms with E-state index < -0.39 is 0 Å². The highest BCUT2D eigenvalue weighted by molar-refractivity contribution is 7.13. The highest BCUT2D eigenvalue weighted by atomic mass is 32.1. The van der Waals surface area contributed by atoms with Crippen molar-refractivity contribution in [2.24, 2.45) is 0 Å². The summed E-state index contributed by atoms with van der Waals surface area (Å²) in [6.45, 7) is 2.57. The van der Waals surface area contributed by atoms with Crippen molar-refractivity contribution < 1.29 is 4.79 Å². The highest BCUT2D eigenvalue weighted by Gasteiger charge is 2.13. The average molecular weight is 260 g/mol. The van der Waals surface area contributed by atoms with Gasteiger partial charge in [0, 0.05) is 24.2 Å². The van der Waals surface area contributed by atoms with Crippen LogP contribution in [0.2, 0.25) is 0 Å². The lowest BCUT2D eigenvalue weighted by atomic mass is 10.2. The number of nitrogens with two attached hydrogens (primary N) is 1. The molecule has 2 rings (SSSR count). The van der Waals surface area contributed by atoms with Gasteiger partial charge < -0.3 is 10.6 Å². The number of hydrogen-bond acceptors (Lipinski definition) is 3. The smallest absolute Gasteiger partial charge is 0.263 e. The summed E-state index contributed by atoms with van der Waals surface area (Å²) in [5, 5.41) is 0. The summed E-state index contributed by atoms with van der Waals surface area (Å²) in [6.07, 6.45) is 0. The number of amides is 1. The fourth-order valence-corrected chi connectivity index (χ4v) is 2.64. The Morgan fingerprint density at radius 1 is 1.33 bits per heavy atom. The molecule has 0 bridgehead atoms. The number of thiophene rings is 1. The Hall–Kier alpha value is -1.81. The van der Waals surface area contributed by atoms with E-state index in [4.69, 9.17) is 5.73 Å². The SMILES string of the molecule is Cc1ccc(C(=O)N(C)Cc2cccc(N)c2)s1. The Bertz CT molecular complexity index is 562. The molecule has 4 heteroatoms. The fourth-order valence-electron chi connectivity index (χ4n) is 1.77.